The molecule has 1 heterocycles. The number of likely N-dealkylation sites (tertiary alicyclic amines) is 1. The third kappa shape index (κ3) is 9.41. The van der Waals surface area contributed by atoms with Gasteiger partial charge in [-0.1, -0.05) is 48.9 Å². The summed E-state index contributed by atoms with van der Waals surface area (Å²) < 4.78 is 5.56. The van der Waals surface area contributed by atoms with Crippen molar-refractivity contribution in [1.29, 1.82) is 0 Å². The minimum Gasteiger partial charge on any atom is -0.448 e. The van der Waals surface area contributed by atoms with E-state index in [1.165, 1.54) is 4.90 Å². The number of aryl methyl sites for hydroxylation is 1. The molecule has 1 atom stereocenters. The Bertz CT molecular complexity index is 1260. The number of halogens is 1. The van der Waals surface area contributed by atoms with Crippen LogP contribution in [0, 0.1) is 5.41 Å². The third-order valence-corrected chi connectivity index (χ3v) is 7.62. The summed E-state index contributed by atoms with van der Waals surface area (Å²) in [6.45, 7) is 6.74. The van der Waals surface area contributed by atoms with Crippen molar-refractivity contribution in [2.75, 3.05) is 31.6 Å². The van der Waals surface area contributed by atoms with Crippen LogP contribution in [0.4, 0.5) is 10.5 Å². The molecule has 0 aromatic heterocycles. The van der Waals surface area contributed by atoms with E-state index in [0.717, 1.165) is 22.6 Å². The summed E-state index contributed by atoms with van der Waals surface area (Å²) in [6.07, 6.45) is 0.868. The SMILES string of the molecule is CCc1ccc(NC(=O)OCC2(C(=O)NCc3ccccc3Cl)CCN(C(=O)C(CO)N(C=O)OC(C)(C)C)CC2)cc1. The van der Waals surface area contributed by atoms with Gasteiger partial charge in [-0.3, -0.25) is 24.5 Å². The molecule has 234 valence electrons. The zero-order chi connectivity index (χ0) is 31.6. The maximum atomic E-state index is 13.6. The van der Waals surface area contributed by atoms with E-state index in [1.54, 1.807) is 51.1 Å². The lowest BCUT2D eigenvalue weighted by atomic mass is 9.78. The highest BCUT2D eigenvalue weighted by Gasteiger charge is 2.45. The molecule has 3 rings (SSSR count). The number of rotatable bonds is 12. The molecule has 1 aliphatic rings. The fourth-order valence-corrected chi connectivity index (χ4v) is 4.93. The molecule has 0 saturated carbocycles. The van der Waals surface area contributed by atoms with Gasteiger partial charge >= 0.3 is 6.09 Å². The van der Waals surface area contributed by atoms with Gasteiger partial charge in [0, 0.05) is 30.3 Å². The van der Waals surface area contributed by atoms with Crippen LogP contribution in [-0.4, -0.2) is 77.3 Å². The van der Waals surface area contributed by atoms with Gasteiger partial charge in [-0.2, -0.15) is 0 Å². The van der Waals surface area contributed by atoms with Crippen molar-refractivity contribution < 1.29 is 33.9 Å². The van der Waals surface area contributed by atoms with E-state index < -0.39 is 35.7 Å². The largest absolute Gasteiger partial charge is 0.448 e. The molecule has 11 nitrogen and oxygen atoms in total. The molecular weight excluding hydrogens is 576 g/mol. The van der Waals surface area contributed by atoms with E-state index in [4.69, 9.17) is 21.2 Å². The van der Waals surface area contributed by atoms with Crippen LogP contribution < -0.4 is 10.6 Å². The summed E-state index contributed by atoms with van der Waals surface area (Å²) in [5.74, 6) is -0.859. The zero-order valence-corrected chi connectivity index (χ0v) is 25.9. The van der Waals surface area contributed by atoms with Crippen LogP contribution in [0.2, 0.25) is 5.02 Å². The smallest absolute Gasteiger partial charge is 0.411 e. The number of ether oxygens (including phenoxy) is 1. The van der Waals surface area contributed by atoms with Crippen LogP contribution in [0.15, 0.2) is 48.5 Å². The Balaban J connectivity index is 1.72. The van der Waals surface area contributed by atoms with Gasteiger partial charge in [-0.25, -0.2) is 9.86 Å². The molecule has 0 bridgehead atoms. The topological polar surface area (TPSA) is 138 Å². The van der Waals surface area contributed by atoms with Gasteiger partial charge in [0.1, 0.15) is 6.61 Å². The van der Waals surface area contributed by atoms with Gasteiger partial charge < -0.3 is 20.1 Å². The lowest BCUT2D eigenvalue weighted by molar-refractivity contribution is -0.236. The van der Waals surface area contributed by atoms with E-state index in [2.05, 4.69) is 10.6 Å². The van der Waals surface area contributed by atoms with Crippen LogP contribution in [0.3, 0.4) is 0 Å². The van der Waals surface area contributed by atoms with Crippen LogP contribution >= 0.6 is 11.6 Å². The summed E-state index contributed by atoms with van der Waals surface area (Å²) in [5, 5.41) is 16.9. The highest BCUT2D eigenvalue weighted by molar-refractivity contribution is 6.31. The summed E-state index contributed by atoms with van der Waals surface area (Å²) in [5.41, 5.74) is 0.503. The Kier molecular flexibility index (Phi) is 11.9. The van der Waals surface area contributed by atoms with Gasteiger partial charge in [-0.05, 0) is 69.4 Å². The summed E-state index contributed by atoms with van der Waals surface area (Å²) in [4.78, 5) is 58.4. The Morgan fingerprint density at radius 1 is 1.12 bits per heavy atom. The van der Waals surface area contributed by atoms with Gasteiger partial charge in [0.2, 0.25) is 18.2 Å². The first-order chi connectivity index (χ1) is 20.4. The predicted octanol–water partition coefficient (Wildman–Crippen LogP) is 3.93. The molecule has 1 unspecified atom stereocenters. The van der Waals surface area contributed by atoms with Crippen molar-refractivity contribution in [2.45, 2.75) is 65.1 Å². The molecule has 3 N–H and O–H groups in total. The first kappa shape index (κ1) is 33.8. The molecule has 43 heavy (non-hydrogen) atoms. The fourth-order valence-electron chi connectivity index (χ4n) is 4.73. The first-order valence-electron chi connectivity index (χ1n) is 14.3. The molecule has 1 aliphatic heterocycles. The number of hydroxylamine groups is 2. The van der Waals surface area contributed by atoms with Crippen LogP contribution in [0.1, 0.15) is 51.7 Å². The number of benzene rings is 2. The molecule has 4 amide bonds. The maximum Gasteiger partial charge on any atom is 0.411 e. The van der Waals surface area contributed by atoms with Crippen molar-refractivity contribution in [1.82, 2.24) is 15.3 Å². The van der Waals surface area contributed by atoms with Gasteiger partial charge in [0.05, 0.1) is 17.6 Å². The highest BCUT2D eigenvalue weighted by atomic mass is 35.5. The highest BCUT2D eigenvalue weighted by Crippen LogP contribution is 2.33. The van der Waals surface area contributed by atoms with E-state index in [0.29, 0.717) is 17.1 Å². The van der Waals surface area contributed by atoms with Crippen molar-refractivity contribution in [3.63, 3.8) is 0 Å². The van der Waals surface area contributed by atoms with Crippen molar-refractivity contribution in [3.05, 3.63) is 64.7 Å². The lowest BCUT2D eigenvalue weighted by Gasteiger charge is -2.42. The number of carbonyl (C=O) groups is 4. The molecule has 0 spiro atoms. The number of hydrogen-bond acceptors (Lipinski definition) is 7. The van der Waals surface area contributed by atoms with Crippen molar-refractivity contribution >= 4 is 41.6 Å². The molecule has 0 aliphatic carbocycles. The normalized spacial score (nSPS) is 15.3. The van der Waals surface area contributed by atoms with E-state index >= 15 is 0 Å². The molecule has 2 aromatic carbocycles. The minimum absolute atomic E-state index is 0.126. The second kappa shape index (κ2) is 15.2. The summed E-state index contributed by atoms with van der Waals surface area (Å²) in [7, 11) is 0. The second-order valence-electron chi connectivity index (χ2n) is 11.5. The molecule has 2 aromatic rings. The maximum absolute atomic E-state index is 13.6. The number of piperidine rings is 1. The quantitative estimate of drug-likeness (QED) is 0.243. The first-order valence-corrected chi connectivity index (χ1v) is 14.7. The standard InChI is InChI=1S/C31H41ClN4O7/c1-5-22-10-12-24(13-11-22)34-29(41)42-20-31(28(40)33-18-23-8-6-7-9-25(23)32)14-16-35(17-15-31)27(39)26(19-37)36(21-38)43-30(2,3)4/h6-13,21,26,37H,5,14-20H2,1-4H3,(H,33,40)(H,34,41). The summed E-state index contributed by atoms with van der Waals surface area (Å²) in [6, 6.07) is 13.3. The fraction of sp³-hybridized carbons (Fsp3) is 0.484. The predicted molar refractivity (Wildman–Crippen MR) is 162 cm³/mol. The Labute approximate surface area is 257 Å². The number of amides is 4. The Hall–Kier alpha value is -3.67. The number of nitrogens with one attached hydrogen (secondary N) is 2. The molecular formula is C31H41ClN4O7. The molecule has 0 radical (unpaired) electrons. The van der Waals surface area contributed by atoms with Gasteiger partial charge in [0.25, 0.3) is 0 Å². The third-order valence-electron chi connectivity index (χ3n) is 7.25. The van der Waals surface area contributed by atoms with E-state index in [1.807, 2.05) is 25.1 Å². The molecule has 1 saturated heterocycles. The second-order valence-corrected chi connectivity index (χ2v) is 11.9. The number of anilines is 1. The van der Waals surface area contributed by atoms with E-state index in [9.17, 15) is 24.3 Å². The zero-order valence-electron chi connectivity index (χ0n) is 25.1. The van der Waals surface area contributed by atoms with Crippen molar-refractivity contribution in [3.8, 4) is 0 Å². The number of hydrogen-bond donors (Lipinski definition) is 3. The molecule has 1 fully saturated rings. The van der Waals surface area contributed by atoms with Gasteiger partial charge in [0.15, 0.2) is 6.04 Å². The number of nitrogens with zero attached hydrogens (tertiary/aromatic N) is 2. The number of aliphatic hydroxyl groups is 1. The Morgan fingerprint density at radius 3 is 2.33 bits per heavy atom. The van der Waals surface area contributed by atoms with Crippen LogP contribution in [-0.2, 0) is 36.9 Å². The van der Waals surface area contributed by atoms with Gasteiger partial charge in [-0.15, -0.1) is 0 Å². The summed E-state index contributed by atoms with van der Waals surface area (Å²) >= 11 is 6.27. The average Bonchev–Trinajstić information content (AvgIpc) is 2.99. The average molecular weight is 617 g/mol. The monoisotopic (exact) mass is 616 g/mol. The molecule has 12 heteroatoms. The van der Waals surface area contributed by atoms with Crippen LogP contribution in [0.25, 0.3) is 0 Å². The number of aliphatic hydroxyl groups excluding tert-OH is 1. The van der Waals surface area contributed by atoms with E-state index in [-0.39, 0.29) is 45.0 Å². The minimum atomic E-state index is -1.25. The van der Waals surface area contributed by atoms with Crippen LogP contribution in [0.5, 0.6) is 0 Å². The lowest BCUT2D eigenvalue weighted by Crippen LogP contribution is -2.57. The van der Waals surface area contributed by atoms with Crippen molar-refractivity contribution in [2.24, 2.45) is 5.41 Å². The number of carbonyl (C=O) groups excluding carboxylic acids is 4. The Morgan fingerprint density at radius 2 is 1.77 bits per heavy atom.